The van der Waals surface area contributed by atoms with Gasteiger partial charge in [-0.15, -0.1) is 0 Å². The van der Waals surface area contributed by atoms with E-state index in [1.165, 1.54) is 11.2 Å². The molecule has 6 nitrogen and oxygen atoms in total. The first-order valence-corrected chi connectivity index (χ1v) is 11.5. The maximum absolute atomic E-state index is 13.7. The molecule has 0 saturated heterocycles. The zero-order chi connectivity index (χ0) is 23.4. The number of benzene rings is 2. The topological polar surface area (TPSA) is 65.8 Å². The minimum atomic E-state index is -0.917. The number of hydrogen-bond donors (Lipinski definition) is 1. The summed E-state index contributed by atoms with van der Waals surface area (Å²) in [5, 5.41) is 3.54. The first-order chi connectivity index (χ1) is 16.0. The second kappa shape index (κ2) is 10.1. The molecule has 1 saturated carbocycles. The highest BCUT2D eigenvalue weighted by Gasteiger charge is 2.36. The van der Waals surface area contributed by atoms with Crippen LogP contribution in [0.2, 0.25) is 5.02 Å². The SMILES string of the molecule is CN(C)c1ccc(C(C(=O)NC2CCCC2)N(C(=O)c2ccco2)c2ccccc2Cl)cc1. The number of nitrogens with zero attached hydrogens (tertiary/aromatic N) is 2. The van der Waals surface area contributed by atoms with E-state index in [0.29, 0.717) is 16.3 Å². The molecule has 1 aromatic heterocycles. The quantitative estimate of drug-likeness (QED) is 0.504. The molecule has 1 fully saturated rings. The standard InChI is InChI=1S/C26H28ClN3O3/c1-29(2)20-15-13-18(14-16-20)24(25(31)28-19-8-3-4-9-19)30(22-11-6-5-10-21(22)27)26(32)23-12-7-17-33-23/h5-7,10-17,19,24H,3-4,8-9H2,1-2H3,(H,28,31). The first-order valence-electron chi connectivity index (χ1n) is 11.1. The number of halogens is 1. The van der Waals surface area contributed by atoms with Crippen LogP contribution in [0, 0.1) is 0 Å². The van der Waals surface area contributed by atoms with E-state index in [-0.39, 0.29) is 17.7 Å². The van der Waals surface area contributed by atoms with Gasteiger partial charge in [0, 0.05) is 25.8 Å². The van der Waals surface area contributed by atoms with Crippen molar-refractivity contribution in [3.63, 3.8) is 0 Å². The van der Waals surface area contributed by atoms with Gasteiger partial charge in [0.15, 0.2) is 5.76 Å². The van der Waals surface area contributed by atoms with Crippen molar-refractivity contribution in [1.29, 1.82) is 0 Å². The van der Waals surface area contributed by atoms with Gasteiger partial charge in [0.2, 0.25) is 5.91 Å². The van der Waals surface area contributed by atoms with E-state index >= 15 is 0 Å². The molecule has 1 unspecified atom stereocenters. The summed E-state index contributed by atoms with van der Waals surface area (Å²) in [6.45, 7) is 0. The van der Waals surface area contributed by atoms with Crippen molar-refractivity contribution in [2.75, 3.05) is 23.9 Å². The summed E-state index contributed by atoms with van der Waals surface area (Å²) in [6, 6.07) is 17.1. The number of carbonyl (C=O) groups excluding carboxylic acids is 2. The van der Waals surface area contributed by atoms with Gasteiger partial charge in [0.1, 0.15) is 6.04 Å². The van der Waals surface area contributed by atoms with Crippen LogP contribution in [-0.2, 0) is 4.79 Å². The van der Waals surface area contributed by atoms with Crippen molar-refractivity contribution in [2.24, 2.45) is 0 Å². The average Bonchev–Trinajstić information content (AvgIpc) is 3.52. The zero-order valence-corrected chi connectivity index (χ0v) is 19.6. The molecule has 1 aliphatic carbocycles. The van der Waals surface area contributed by atoms with Gasteiger partial charge in [-0.25, -0.2) is 0 Å². The van der Waals surface area contributed by atoms with E-state index in [2.05, 4.69) is 5.32 Å². The van der Waals surface area contributed by atoms with Gasteiger partial charge >= 0.3 is 0 Å². The molecule has 0 radical (unpaired) electrons. The van der Waals surface area contributed by atoms with Gasteiger partial charge in [-0.05, 0) is 54.8 Å². The van der Waals surface area contributed by atoms with Gasteiger partial charge < -0.3 is 14.6 Å². The lowest BCUT2D eigenvalue weighted by atomic mass is 10.0. The Hall–Kier alpha value is -3.25. The molecule has 172 valence electrons. The Balaban J connectivity index is 1.82. The van der Waals surface area contributed by atoms with Crippen LogP contribution >= 0.6 is 11.6 Å². The van der Waals surface area contributed by atoms with E-state index in [9.17, 15) is 9.59 Å². The number of hydrogen-bond acceptors (Lipinski definition) is 4. The molecule has 1 atom stereocenters. The Kier molecular flexibility index (Phi) is 7.04. The monoisotopic (exact) mass is 465 g/mol. The third-order valence-corrected chi connectivity index (χ3v) is 6.32. The molecule has 7 heteroatoms. The van der Waals surface area contributed by atoms with Crippen molar-refractivity contribution in [3.8, 4) is 0 Å². The molecule has 0 bridgehead atoms. The Morgan fingerprint density at radius 3 is 2.30 bits per heavy atom. The van der Waals surface area contributed by atoms with Crippen LogP contribution in [0.1, 0.15) is 47.8 Å². The maximum Gasteiger partial charge on any atom is 0.295 e. The van der Waals surface area contributed by atoms with Gasteiger partial charge in [0.25, 0.3) is 5.91 Å². The van der Waals surface area contributed by atoms with Crippen molar-refractivity contribution in [1.82, 2.24) is 5.32 Å². The molecule has 1 N–H and O–H groups in total. The second-order valence-corrected chi connectivity index (χ2v) is 8.89. The number of rotatable bonds is 7. The van der Waals surface area contributed by atoms with Crippen LogP contribution in [0.4, 0.5) is 11.4 Å². The fourth-order valence-corrected chi connectivity index (χ4v) is 4.48. The molecule has 1 heterocycles. The van der Waals surface area contributed by atoms with E-state index in [1.807, 2.05) is 43.3 Å². The normalized spacial score (nSPS) is 14.6. The smallest absolute Gasteiger partial charge is 0.295 e. The van der Waals surface area contributed by atoms with Gasteiger partial charge in [-0.1, -0.05) is 48.7 Å². The van der Waals surface area contributed by atoms with Gasteiger partial charge in [-0.3, -0.25) is 14.5 Å². The fraction of sp³-hybridized carbons (Fsp3) is 0.308. The summed E-state index contributed by atoms with van der Waals surface area (Å²) in [4.78, 5) is 30.8. The Morgan fingerprint density at radius 1 is 1.00 bits per heavy atom. The highest BCUT2D eigenvalue weighted by Crippen LogP contribution is 2.35. The highest BCUT2D eigenvalue weighted by molar-refractivity contribution is 6.34. The van der Waals surface area contributed by atoms with Crippen molar-refractivity contribution in [2.45, 2.75) is 37.8 Å². The summed E-state index contributed by atoms with van der Waals surface area (Å²) in [5.41, 5.74) is 2.13. The Bertz CT molecular complexity index is 1090. The molecule has 0 spiro atoms. The summed E-state index contributed by atoms with van der Waals surface area (Å²) in [7, 11) is 3.91. The number of furan rings is 1. The van der Waals surface area contributed by atoms with E-state index in [0.717, 1.165) is 31.4 Å². The van der Waals surface area contributed by atoms with Crippen molar-refractivity contribution in [3.05, 3.63) is 83.3 Å². The third kappa shape index (κ3) is 5.06. The van der Waals surface area contributed by atoms with Gasteiger partial charge in [-0.2, -0.15) is 0 Å². The molecule has 2 aromatic carbocycles. The third-order valence-electron chi connectivity index (χ3n) is 6.00. The van der Waals surface area contributed by atoms with Crippen LogP contribution in [0.25, 0.3) is 0 Å². The fourth-order valence-electron chi connectivity index (χ4n) is 4.25. The van der Waals surface area contributed by atoms with E-state index in [4.69, 9.17) is 16.0 Å². The zero-order valence-electron chi connectivity index (χ0n) is 18.8. The highest BCUT2D eigenvalue weighted by atomic mass is 35.5. The number of amides is 2. The molecule has 2 amide bonds. The summed E-state index contributed by atoms with van der Waals surface area (Å²) in [6.07, 6.45) is 5.50. The van der Waals surface area contributed by atoms with Crippen molar-refractivity contribution < 1.29 is 14.0 Å². The lowest BCUT2D eigenvalue weighted by molar-refractivity contribution is -0.123. The number of para-hydroxylation sites is 1. The summed E-state index contributed by atoms with van der Waals surface area (Å²) < 4.78 is 5.41. The largest absolute Gasteiger partial charge is 0.459 e. The number of anilines is 2. The van der Waals surface area contributed by atoms with Crippen LogP contribution < -0.4 is 15.1 Å². The van der Waals surface area contributed by atoms with Crippen LogP contribution in [0.5, 0.6) is 0 Å². The van der Waals surface area contributed by atoms with Gasteiger partial charge in [0.05, 0.1) is 17.0 Å². The molecule has 0 aliphatic heterocycles. The van der Waals surface area contributed by atoms with Crippen LogP contribution in [-0.4, -0.2) is 32.0 Å². The second-order valence-electron chi connectivity index (χ2n) is 8.48. The van der Waals surface area contributed by atoms with E-state index in [1.54, 1.807) is 36.4 Å². The molecule has 33 heavy (non-hydrogen) atoms. The predicted molar refractivity (Wildman–Crippen MR) is 131 cm³/mol. The minimum Gasteiger partial charge on any atom is -0.459 e. The first kappa shape index (κ1) is 22.9. The molecular weight excluding hydrogens is 438 g/mol. The predicted octanol–water partition coefficient (Wildman–Crippen LogP) is 5.45. The van der Waals surface area contributed by atoms with Crippen LogP contribution in [0.3, 0.4) is 0 Å². The Labute approximate surface area is 199 Å². The summed E-state index contributed by atoms with van der Waals surface area (Å²) >= 11 is 6.53. The lowest BCUT2D eigenvalue weighted by Crippen LogP contribution is -2.46. The van der Waals surface area contributed by atoms with Crippen LogP contribution in [0.15, 0.2) is 71.3 Å². The maximum atomic E-state index is 13.7. The van der Waals surface area contributed by atoms with Crippen molar-refractivity contribution >= 4 is 34.8 Å². The minimum absolute atomic E-state index is 0.104. The average molecular weight is 466 g/mol. The molecule has 4 rings (SSSR count). The molecule has 3 aromatic rings. The number of carbonyl (C=O) groups is 2. The van der Waals surface area contributed by atoms with E-state index < -0.39 is 11.9 Å². The number of nitrogens with one attached hydrogen (secondary N) is 1. The molecule has 1 aliphatic rings. The molecular formula is C26H28ClN3O3. The Morgan fingerprint density at radius 2 is 1.70 bits per heavy atom. The summed E-state index contributed by atoms with van der Waals surface area (Å²) in [5.74, 6) is -0.533. The lowest BCUT2D eigenvalue weighted by Gasteiger charge is -2.32.